The van der Waals surface area contributed by atoms with E-state index in [2.05, 4.69) is 15.0 Å². The lowest BCUT2D eigenvalue weighted by atomic mass is 10.1. The van der Waals surface area contributed by atoms with Gasteiger partial charge in [0, 0.05) is 6.54 Å². The molecular formula is C21H26FN3O6. The monoisotopic (exact) mass is 435 g/mol. The van der Waals surface area contributed by atoms with Gasteiger partial charge in [-0.1, -0.05) is 19.9 Å². The summed E-state index contributed by atoms with van der Waals surface area (Å²) in [6.07, 6.45) is 0. The van der Waals surface area contributed by atoms with Crippen LogP contribution in [0.3, 0.4) is 0 Å². The Balaban J connectivity index is 0.00000166. The summed E-state index contributed by atoms with van der Waals surface area (Å²) in [5, 5.41) is 12.7. The van der Waals surface area contributed by atoms with Crippen LogP contribution in [0.15, 0.2) is 23.0 Å². The number of carbonyl (C=O) groups is 2. The first-order valence-electron chi connectivity index (χ1n) is 9.79. The largest absolute Gasteiger partial charge is 0.501 e. The maximum absolute atomic E-state index is 13.5. The molecule has 1 aliphatic heterocycles. The average molecular weight is 435 g/mol. The molecule has 2 N–H and O–H groups in total. The number of nitrogens with zero attached hydrogens (tertiary/aromatic N) is 2. The maximum atomic E-state index is 13.5. The fourth-order valence-electron chi connectivity index (χ4n) is 3.09. The first-order valence-corrected chi connectivity index (χ1v) is 9.79. The molecule has 1 amide bonds. The van der Waals surface area contributed by atoms with E-state index in [1.54, 1.807) is 13.8 Å². The van der Waals surface area contributed by atoms with Crippen LogP contribution in [-0.4, -0.2) is 40.3 Å². The van der Waals surface area contributed by atoms with Crippen LogP contribution in [0, 0.1) is 5.82 Å². The molecule has 1 aliphatic rings. The molecule has 0 spiro atoms. The summed E-state index contributed by atoms with van der Waals surface area (Å²) in [7, 11) is 1.15. The standard InChI is InChI=1S/C19H20FN3O6.C2H6/c1-19(2)18-22-13(14(24)16(26)23(18)6-7-29-19)15(25)21-9-10-4-5-11(20)8-12(10)17(27)28-3;1-2/h4-5,8,24H,6-7,9H2,1-3H3,(H,21,25);1-2H3. The number of aromatic hydroxyl groups is 1. The number of halogens is 1. The fraction of sp³-hybridized carbons (Fsp3) is 0.429. The van der Waals surface area contributed by atoms with Crippen molar-refractivity contribution in [3.05, 3.63) is 57.0 Å². The van der Waals surface area contributed by atoms with Crippen LogP contribution in [-0.2, 0) is 28.2 Å². The van der Waals surface area contributed by atoms with E-state index in [1.807, 2.05) is 13.8 Å². The summed E-state index contributed by atoms with van der Waals surface area (Å²) in [6, 6.07) is 3.46. The van der Waals surface area contributed by atoms with Gasteiger partial charge in [-0.15, -0.1) is 0 Å². The lowest BCUT2D eigenvalue weighted by molar-refractivity contribution is -0.0566. The number of fused-ring (bicyclic) bond motifs is 1. The average Bonchev–Trinajstić information content (AvgIpc) is 2.75. The number of esters is 1. The quantitative estimate of drug-likeness (QED) is 0.706. The molecular weight excluding hydrogens is 409 g/mol. The highest BCUT2D eigenvalue weighted by atomic mass is 19.1. The van der Waals surface area contributed by atoms with Gasteiger partial charge in [-0.3, -0.25) is 14.2 Å². The number of aromatic nitrogens is 2. The molecule has 0 saturated heterocycles. The van der Waals surface area contributed by atoms with E-state index in [0.29, 0.717) is 5.56 Å². The highest BCUT2D eigenvalue weighted by Gasteiger charge is 2.34. The van der Waals surface area contributed by atoms with Gasteiger partial charge in [-0.2, -0.15) is 0 Å². The van der Waals surface area contributed by atoms with E-state index in [0.717, 1.165) is 19.2 Å². The molecule has 0 radical (unpaired) electrons. The van der Waals surface area contributed by atoms with Crippen molar-refractivity contribution >= 4 is 11.9 Å². The summed E-state index contributed by atoms with van der Waals surface area (Å²) < 4.78 is 24.9. The molecule has 0 aliphatic carbocycles. The third-order valence-corrected chi connectivity index (χ3v) is 4.59. The third kappa shape index (κ3) is 4.91. The Morgan fingerprint density at radius 2 is 2.03 bits per heavy atom. The number of benzene rings is 1. The normalized spacial score (nSPS) is 14.0. The van der Waals surface area contributed by atoms with Gasteiger partial charge in [0.15, 0.2) is 5.69 Å². The first kappa shape index (κ1) is 24.0. The topological polar surface area (TPSA) is 120 Å². The van der Waals surface area contributed by atoms with Crippen LogP contribution in [0.25, 0.3) is 0 Å². The van der Waals surface area contributed by atoms with Gasteiger partial charge in [0.05, 0.1) is 25.8 Å². The second-order valence-corrected chi connectivity index (χ2v) is 6.92. The van der Waals surface area contributed by atoms with Crippen LogP contribution in [0.2, 0.25) is 0 Å². The molecule has 0 atom stereocenters. The number of amides is 1. The van der Waals surface area contributed by atoms with Crippen molar-refractivity contribution < 1.29 is 28.6 Å². The summed E-state index contributed by atoms with van der Waals surface area (Å²) in [5.74, 6) is -2.79. The number of methoxy groups -OCH3 is 1. The number of carbonyl (C=O) groups excluding carboxylic acids is 2. The summed E-state index contributed by atoms with van der Waals surface area (Å²) in [4.78, 5) is 41.0. The number of ether oxygens (including phenoxy) is 2. The van der Waals surface area contributed by atoms with Crippen LogP contribution in [0.4, 0.5) is 4.39 Å². The van der Waals surface area contributed by atoms with Crippen molar-refractivity contribution in [1.29, 1.82) is 0 Å². The van der Waals surface area contributed by atoms with E-state index in [9.17, 15) is 23.9 Å². The summed E-state index contributed by atoms with van der Waals surface area (Å²) >= 11 is 0. The molecule has 2 heterocycles. The molecule has 3 rings (SSSR count). The molecule has 31 heavy (non-hydrogen) atoms. The molecule has 10 heteroatoms. The summed E-state index contributed by atoms with van der Waals surface area (Å²) in [6.45, 7) is 7.70. The van der Waals surface area contributed by atoms with Gasteiger partial charge in [0.2, 0.25) is 5.75 Å². The Morgan fingerprint density at radius 1 is 1.35 bits per heavy atom. The molecule has 0 fully saturated rings. The van der Waals surface area contributed by atoms with Crippen LogP contribution < -0.4 is 10.9 Å². The Bertz CT molecular complexity index is 1050. The highest BCUT2D eigenvalue weighted by molar-refractivity contribution is 5.95. The second kappa shape index (κ2) is 9.69. The van der Waals surface area contributed by atoms with Crippen molar-refractivity contribution in [3.8, 4) is 5.75 Å². The Hall–Kier alpha value is -3.27. The molecule has 0 saturated carbocycles. The first-order chi connectivity index (χ1) is 14.7. The smallest absolute Gasteiger partial charge is 0.338 e. The van der Waals surface area contributed by atoms with Crippen LogP contribution in [0.1, 0.15) is 59.9 Å². The third-order valence-electron chi connectivity index (χ3n) is 4.59. The SMILES string of the molecule is CC.COC(=O)c1cc(F)ccc1CNC(=O)c1nc2n(c(=O)c1O)CCOC2(C)C. The number of hydrogen-bond donors (Lipinski definition) is 2. The molecule has 1 aromatic carbocycles. The zero-order valence-electron chi connectivity index (χ0n) is 18.1. The molecule has 1 aromatic heterocycles. The lowest BCUT2D eigenvalue weighted by Crippen LogP contribution is -2.42. The Morgan fingerprint density at radius 3 is 2.68 bits per heavy atom. The minimum Gasteiger partial charge on any atom is -0.501 e. The lowest BCUT2D eigenvalue weighted by Gasteiger charge is -2.32. The zero-order valence-corrected chi connectivity index (χ0v) is 18.1. The van der Waals surface area contributed by atoms with Crippen LogP contribution in [0.5, 0.6) is 5.75 Å². The van der Waals surface area contributed by atoms with Crippen molar-refractivity contribution in [2.24, 2.45) is 0 Å². The van der Waals surface area contributed by atoms with Gasteiger partial charge in [0.1, 0.15) is 17.2 Å². The second-order valence-electron chi connectivity index (χ2n) is 6.92. The molecule has 2 aromatic rings. The Kier molecular flexibility index (Phi) is 7.50. The van der Waals surface area contributed by atoms with Gasteiger partial charge in [-0.05, 0) is 31.5 Å². The van der Waals surface area contributed by atoms with Crippen LogP contribution >= 0.6 is 0 Å². The van der Waals surface area contributed by atoms with Crippen molar-refractivity contribution in [1.82, 2.24) is 14.9 Å². The minimum absolute atomic E-state index is 0.0509. The highest BCUT2D eigenvalue weighted by Crippen LogP contribution is 2.27. The number of nitrogens with one attached hydrogen (secondary N) is 1. The predicted molar refractivity (Wildman–Crippen MR) is 109 cm³/mol. The van der Waals surface area contributed by atoms with E-state index < -0.39 is 40.3 Å². The minimum atomic E-state index is -0.921. The predicted octanol–water partition coefficient (Wildman–Crippen LogP) is 2.10. The van der Waals surface area contributed by atoms with Gasteiger partial charge < -0.3 is 19.9 Å². The maximum Gasteiger partial charge on any atom is 0.338 e. The van der Waals surface area contributed by atoms with Gasteiger partial charge >= 0.3 is 5.97 Å². The van der Waals surface area contributed by atoms with Gasteiger partial charge in [0.25, 0.3) is 11.5 Å². The van der Waals surface area contributed by atoms with E-state index in [4.69, 9.17) is 4.74 Å². The fourth-order valence-corrected chi connectivity index (χ4v) is 3.09. The number of hydrogen-bond acceptors (Lipinski definition) is 7. The molecule has 9 nitrogen and oxygen atoms in total. The zero-order chi connectivity index (χ0) is 23.3. The van der Waals surface area contributed by atoms with Crippen molar-refractivity contribution in [2.75, 3.05) is 13.7 Å². The molecule has 168 valence electrons. The number of rotatable bonds is 4. The summed E-state index contributed by atoms with van der Waals surface area (Å²) in [5.41, 5.74) is -1.88. The molecule has 0 bridgehead atoms. The van der Waals surface area contributed by atoms with E-state index in [-0.39, 0.29) is 31.1 Å². The molecule has 0 unspecified atom stereocenters. The van der Waals surface area contributed by atoms with Crippen molar-refractivity contribution in [2.45, 2.75) is 46.4 Å². The van der Waals surface area contributed by atoms with Gasteiger partial charge in [-0.25, -0.2) is 14.2 Å². The van der Waals surface area contributed by atoms with Crippen molar-refractivity contribution in [3.63, 3.8) is 0 Å². The Labute approximate surface area is 178 Å². The van der Waals surface area contributed by atoms with E-state index >= 15 is 0 Å². The van der Waals surface area contributed by atoms with E-state index in [1.165, 1.54) is 10.6 Å².